The molecule has 17 heavy (non-hydrogen) atoms. The van der Waals surface area contributed by atoms with Crippen molar-refractivity contribution < 1.29 is 9.84 Å². The Labute approximate surface area is 111 Å². The van der Waals surface area contributed by atoms with Crippen molar-refractivity contribution in [2.24, 2.45) is 0 Å². The highest BCUT2D eigenvalue weighted by Gasteiger charge is 2.21. The van der Waals surface area contributed by atoms with Crippen LogP contribution in [0.25, 0.3) is 0 Å². The zero-order chi connectivity index (χ0) is 12.1. The lowest BCUT2D eigenvalue weighted by Crippen LogP contribution is -2.27. The van der Waals surface area contributed by atoms with Crippen LogP contribution >= 0.6 is 22.9 Å². The minimum absolute atomic E-state index is 0.0910. The van der Waals surface area contributed by atoms with E-state index in [1.165, 1.54) is 23.3 Å². The quantitative estimate of drug-likeness (QED) is 0.784. The fourth-order valence-electron chi connectivity index (χ4n) is 2.21. The Morgan fingerprint density at radius 2 is 2.41 bits per heavy atom. The molecular formula is C12H18ClNO2S. The average molecular weight is 276 g/mol. The second kappa shape index (κ2) is 6.71. The van der Waals surface area contributed by atoms with E-state index >= 15 is 0 Å². The molecule has 96 valence electrons. The monoisotopic (exact) mass is 275 g/mol. The Kier molecular flexibility index (Phi) is 5.25. The molecule has 0 aromatic carbocycles. The number of hydrogen-bond donors (Lipinski definition) is 2. The molecule has 0 fully saturated rings. The molecule has 1 aromatic heterocycles. The van der Waals surface area contributed by atoms with Crippen molar-refractivity contribution in [2.45, 2.75) is 25.3 Å². The molecule has 1 heterocycles. The first kappa shape index (κ1) is 13.3. The number of aliphatic hydroxyl groups is 1. The molecule has 0 radical (unpaired) electrons. The highest BCUT2D eigenvalue weighted by Crippen LogP contribution is 2.37. The standard InChI is InChI=1S/C12H18ClNO2S/c13-12-8-9-10(2-1-3-11(9)17-12)14-4-6-16-7-5-15/h8,10,14-15H,1-7H2. The summed E-state index contributed by atoms with van der Waals surface area (Å²) in [5, 5.41) is 12.1. The number of hydrogen-bond acceptors (Lipinski definition) is 4. The molecule has 5 heteroatoms. The van der Waals surface area contributed by atoms with Crippen molar-refractivity contribution >= 4 is 22.9 Å². The highest BCUT2D eigenvalue weighted by molar-refractivity contribution is 7.16. The fraction of sp³-hybridized carbons (Fsp3) is 0.667. The number of aryl methyl sites for hydroxylation is 1. The summed E-state index contributed by atoms with van der Waals surface area (Å²) < 4.78 is 6.12. The van der Waals surface area contributed by atoms with Crippen LogP contribution in [0.4, 0.5) is 0 Å². The second-order valence-corrected chi connectivity index (χ2v) is 5.93. The fourth-order valence-corrected chi connectivity index (χ4v) is 3.59. The van der Waals surface area contributed by atoms with Crippen LogP contribution in [0.2, 0.25) is 4.34 Å². The Morgan fingerprint density at radius 1 is 1.53 bits per heavy atom. The van der Waals surface area contributed by atoms with Gasteiger partial charge in [-0.15, -0.1) is 11.3 Å². The molecule has 1 unspecified atom stereocenters. The summed E-state index contributed by atoms with van der Waals surface area (Å²) in [6.45, 7) is 1.97. The molecule has 0 saturated carbocycles. The van der Waals surface area contributed by atoms with Crippen LogP contribution in [0, 0.1) is 0 Å². The van der Waals surface area contributed by atoms with Crippen LogP contribution in [0.5, 0.6) is 0 Å². The largest absolute Gasteiger partial charge is 0.394 e. The van der Waals surface area contributed by atoms with Gasteiger partial charge in [0.05, 0.1) is 24.2 Å². The first-order valence-corrected chi connectivity index (χ1v) is 7.21. The second-order valence-electron chi connectivity index (χ2n) is 4.16. The number of fused-ring (bicyclic) bond motifs is 1. The van der Waals surface area contributed by atoms with Gasteiger partial charge in [-0.1, -0.05) is 11.6 Å². The van der Waals surface area contributed by atoms with Gasteiger partial charge in [-0.25, -0.2) is 0 Å². The topological polar surface area (TPSA) is 41.5 Å². The first-order valence-electron chi connectivity index (χ1n) is 6.01. The summed E-state index contributed by atoms with van der Waals surface area (Å²) in [7, 11) is 0. The normalized spacial score (nSPS) is 19.3. The molecule has 3 nitrogen and oxygen atoms in total. The SMILES string of the molecule is OCCOCCNC1CCCc2sc(Cl)cc21. The molecule has 0 amide bonds. The Balaban J connectivity index is 1.82. The van der Waals surface area contributed by atoms with E-state index in [2.05, 4.69) is 11.4 Å². The Morgan fingerprint density at radius 3 is 3.24 bits per heavy atom. The maximum atomic E-state index is 8.59. The van der Waals surface area contributed by atoms with Crippen LogP contribution in [0.1, 0.15) is 29.3 Å². The Hall–Kier alpha value is -0.130. The van der Waals surface area contributed by atoms with Gasteiger partial charge in [0.25, 0.3) is 0 Å². The summed E-state index contributed by atoms with van der Waals surface area (Å²) in [5.74, 6) is 0. The lowest BCUT2D eigenvalue weighted by molar-refractivity contribution is 0.0922. The van der Waals surface area contributed by atoms with E-state index in [0.29, 0.717) is 19.3 Å². The van der Waals surface area contributed by atoms with Gasteiger partial charge in [-0.3, -0.25) is 0 Å². The van der Waals surface area contributed by atoms with Crippen LogP contribution in [0.3, 0.4) is 0 Å². The molecule has 1 aromatic rings. The molecule has 0 bridgehead atoms. The summed E-state index contributed by atoms with van der Waals surface area (Å²) in [6.07, 6.45) is 3.55. The number of aliphatic hydroxyl groups excluding tert-OH is 1. The minimum Gasteiger partial charge on any atom is -0.394 e. The van der Waals surface area contributed by atoms with E-state index < -0.39 is 0 Å². The zero-order valence-electron chi connectivity index (χ0n) is 9.75. The lowest BCUT2D eigenvalue weighted by Gasteiger charge is -2.23. The van der Waals surface area contributed by atoms with Gasteiger partial charge < -0.3 is 15.2 Å². The number of ether oxygens (including phenoxy) is 1. The van der Waals surface area contributed by atoms with Gasteiger partial charge in [0.2, 0.25) is 0 Å². The Bertz CT molecular complexity index is 356. The number of halogens is 1. The van der Waals surface area contributed by atoms with Crippen LogP contribution in [-0.2, 0) is 11.2 Å². The van der Waals surface area contributed by atoms with Crippen molar-refractivity contribution in [2.75, 3.05) is 26.4 Å². The molecule has 1 atom stereocenters. The van der Waals surface area contributed by atoms with Gasteiger partial charge in [0.1, 0.15) is 0 Å². The van der Waals surface area contributed by atoms with E-state index in [1.54, 1.807) is 11.3 Å². The van der Waals surface area contributed by atoms with Gasteiger partial charge in [-0.2, -0.15) is 0 Å². The third-order valence-electron chi connectivity index (χ3n) is 2.96. The molecule has 0 spiro atoms. The molecular weight excluding hydrogens is 258 g/mol. The van der Waals surface area contributed by atoms with Crippen LogP contribution in [-0.4, -0.2) is 31.5 Å². The molecule has 2 N–H and O–H groups in total. The molecule has 1 aliphatic carbocycles. The predicted octanol–water partition coefficient (Wildman–Crippen LogP) is 2.38. The first-order chi connectivity index (χ1) is 8.31. The van der Waals surface area contributed by atoms with Crippen molar-refractivity contribution in [3.05, 3.63) is 20.8 Å². The van der Waals surface area contributed by atoms with E-state index in [1.807, 2.05) is 0 Å². The van der Waals surface area contributed by atoms with Gasteiger partial charge >= 0.3 is 0 Å². The van der Waals surface area contributed by atoms with Gasteiger partial charge in [0.15, 0.2) is 0 Å². The third-order valence-corrected chi connectivity index (χ3v) is 4.30. The predicted molar refractivity (Wildman–Crippen MR) is 70.9 cm³/mol. The number of thiophene rings is 1. The van der Waals surface area contributed by atoms with Crippen molar-refractivity contribution in [1.29, 1.82) is 0 Å². The summed E-state index contributed by atoms with van der Waals surface area (Å²) >= 11 is 7.76. The third kappa shape index (κ3) is 3.66. The van der Waals surface area contributed by atoms with Crippen molar-refractivity contribution in [3.8, 4) is 0 Å². The minimum atomic E-state index is 0.0910. The maximum absolute atomic E-state index is 8.59. The van der Waals surface area contributed by atoms with Crippen LogP contribution < -0.4 is 5.32 Å². The lowest BCUT2D eigenvalue weighted by atomic mass is 9.94. The van der Waals surface area contributed by atoms with E-state index in [-0.39, 0.29) is 6.61 Å². The van der Waals surface area contributed by atoms with E-state index in [9.17, 15) is 0 Å². The van der Waals surface area contributed by atoms with Gasteiger partial charge in [0, 0.05) is 17.5 Å². The molecule has 0 aliphatic heterocycles. The van der Waals surface area contributed by atoms with Crippen LogP contribution in [0.15, 0.2) is 6.07 Å². The number of rotatable bonds is 6. The molecule has 1 aliphatic rings. The highest BCUT2D eigenvalue weighted by atomic mass is 35.5. The van der Waals surface area contributed by atoms with E-state index in [4.69, 9.17) is 21.4 Å². The maximum Gasteiger partial charge on any atom is 0.0934 e. The van der Waals surface area contributed by atoms with E-state index in [0.717, 1.165) is 17.3 Å². The van der Waals surface area contributed by atoms with Crippen molar-refractivity contribution in [1.82, 2.24) is 5.32 Å². The average Bonchev–Trinajstić information content (AvgIpc) is 2.70. The summed E-state index contributed by atoms with van der Waals surface area (Å²) in [6, 6.07) is 2.51. The van der Waals surface area contributed by atoms with Crippen molar-refractivity contribution in [3.63, 3.8) is 0 Å². The summed E-state index contributed by atoms with van der Waals surface area (Å²) in [4.78, 5) is 1.43. The smallest absolute Gasteiger partial charge is 0.0934 e. The number of nitrogens with one attached hydrogen (secondary N) is 1. The zero-order valence-corrected chi connectivity index (χ0v) is 11.3. The molecule has 2 rings (SSSR count). The summed E-state index contributed by atoms with van der Waals surface area (Å²) in [5.41, 5.74) is 1.37. The molecule has 0 saturated heterocycles. The van der Waals surface area contributed by atoms with Gasteiger partial charge in [-0.05, 0) is 30.9 Å².